The molecule has 1 heterocycles. The van der Waals surface area contributed by atoms with Crippen molar-refractivity contribution in [2.24, 2.45) is 7.05 Å². The van der Waals surface area contributed by atoms with Crippen molar-refractivity contribution in [3.63, 3.8) is 0 Å². The third-order valence-electron chi connectivity index (χ3n) is 5.23. The van der Waals surface area contributed by atoms with E-state index < -0.39 is 0 Å². The van der Waals surface area contributed by atoms with E-state index in [4.69, 9.17) is 0 Å². The molecule has 0 unspecified atom stereocenters. The van der Waals surface area contributed by atoms with E-state index in [-0.39, 0.29) is 0 Å². The Morgan fingerprint density at radius 2 is 1.44 bits per heavy atom. The molecule has 0 aliphatic heterocycles. The quantitative estimate of drug-likeness (QED) is 0.403. The molecule has 0 fully saturated rings. The topological polar surface area (TPSA) is 3.88 Å². The van der Waals surface area contributed by atoms with Crippen LogP contribution in [0.5, 0.6) is 0 Å². The lowest BCUT2D eigenvalue weighted by atomic mass is 9.97. The van der Waals surface area contributed by atoms with Crippen LogP contribution in [0.1, 0.15) is 30.9 Å². The number of benzene rings is 3. The van der Waals surface area contributed by atoms with Crippen LogP contribution < -0.4 is 4.57 Å². The van der Waals surface area contributed by atoms with Crippen LogP contribution in [0.2, 0.25) is 0 Å². The maximum absolute atomic E-state index is 2.33. The van der Waals surface area contributed by atoms with Crippen molar-refractivity contribution in [1.29, 1.82) is 0 Å². The van der Waals surface area contributed by atoms with E-state index in [0.29, 0.717) is 5.92 Å². The fourth-order valence-electron chi connectivity index (χ4n) is 3.66. The first-order valence-corrected chi connectivity index (χ1v) is 8.97. The van der Waals surface area contributed by atoms with Crippen molar-refractivity contribution in [3.8, 4) is 11.3 Å². The van der Waals surface area contributed by atoms with Crippen molar-refractivity contribution in [2.75, 3.05) is 0 Å². The molecule has 4 rings (SSSR count). The van der Waals surface area contributed by atoms with Gasteiger partial charge in [-0.25, -0.2) is 0 Å². The van der Waals surface area contributed by atoms with Crippen molar-refractivity contribution >= 4 is 21.7 Å². The molecule has 0 saturated carbocycles. The Morgan fingerprint density at radius 3 is 2.16 bits per heavy atom. The van der Waals surface area contributed by atoms with Crippen molar-refractivity contribution in [1.82, 2.24) is 0 Å². The van der Waals surface area contributed by atoms with Gasteiger partial charge in [0.05, 0.1) is 0 Å². The second-order valence-electron chi connectivity index (χ2n) is 7.26. The van der Waals surface area contributed by atoms with Crippen molar-refractivity contribution in [3.05, 3.63) is 77.9 Å². The van der Waals surface area contributed by atoms with Crippen LogP contribution in [0, 0.1) is 6.92 Å². The van der Waals surface area contributed by atoms with Gasteiger partial charge in [-0.2, -0.15) is 4.57 Å². The van der Waals surface area contributed by atoms with Crippen LogP contribution in [0.3, 0.4) is 0 Å². The molecule has 0 spiro atoms. The molecule has 0 atom stereocenters. The summed E-state index contributed by atoms with van der Waals surface area (Å²) < 4.78 is 2.33. The standard InChI is InChI=1S/C24H24N/c1-16(2)19-10-9-18-11-12-23(25(4)24(18)15-19)22-14-21-8-6-5-7-20(21)13-17(22)3/h5-16H,1-4H3/q+1. The average molecular weight is 326 g/mol. The molecule has 3 aromatic carbocycles. The van der Waals surface area contributed by atoms with E-state index in [9.17, 15) is 0 Å². The molecular formula is C24H24N+. The van der Waals surface area contributed by atoms with E-state index >= 15 is 0 Å². The lowest BCUT2D eigenvalue weighted by Crippen LogP contribution is -2.32. The van der Waals surface area contributed by atoms with Crippen LogP contribution in [0.4, 0.5) is 0 Å². The number of rotatable bonds is 2. The highest BCUT2D eigenvalue weighted by molar-refractivity contribution is 5.88. The summed E-state index contributed by atoms with van der Waals surface area (Å²) in [5.74, 6) is 0.537. The second-order valence-corrected chi connectivity index (χ2v) is 7.26. The van der Waals surface area contributed by atoms with Crippen LogP contribution in [-0.2, 0) is 7.05 Å². The minimum Gasteiger partial charge on any atom is -0.194 e. The molecule has 25 heavy (non-hydrogen) atoms. The fourth-order valence-corrected chi connectivity index (χ4v) is 3.66. The molecule has 1 nitrogen and oxygen atoms in total. The van der Waals surface area contributed by atoms with E-state index in [0.717, 1.165) is 0 Å². The molecule has 0 amide bonds. The lowest BCUT2D eigenvalue weighted by molar-refractivity contribution is -0.633. The Morgan fingerprint density at radius 1 is 0.760 bits per heavy atom. The number of aryl methyl sites for hydroxylation is 2. The Hall–Kier alpha value is -2.67. The van der Waals surface area contributed by atoms with Gasteiger partial charge < -0.3 is 0 Å². The summed E-state index contributed by atoms with van der Waals surface area (Å²) >= 11 is 0. The predicted molar refractivity (Wildman–Crippen MR) is 107 cm³/mol. The van der Waals surface area contributed by atoms with Gasteiger partial charge in [0.2, 0.25) is 11.2 Å². The average Bonchev–Trinajstić information content (AvgIpc) is 2.61. The number of hydrogen-bond donors (Lipinski definition) is 0. The highest BCUT2D eigenvalue weighted by Gasteiger charge is 2.17. The Labute approximate surface area is 149 Å². The summed E-state index contributed by atoms with van der Waals surface area (Å²) in [4.78, 5) is 0. The van der Waals surface area contributed by atoms with Gasteiger partial charge in [0.1, 0.15) is 7.05 Å². The van der Waals surface area contributed by atoms with Gasteiger partial charge in [-0.1, -0.05) is 50.2 Å². The van der Waals surface area contributed by atoms with Gasteiger partial charge >= 0.3 is 0 Å². The van der Waals surface area contributed by atoms with Gasteiger partial charge in [-0.3, -0.25) is 0 Å². The second kappa shape index (κ2) is 6.00. The first kappa shape index (κ1) is 15.8. The third-order valence-corrected chi connectivity index (χ3v) is 5.23. The summed E-state index contributed by atoms with van der Waals surface area (Å²) in [7, 11) is 2.18. The molecule has 0 N–H and O–H groups in total. The summed E-state index contributed by atoms with van der Waals surface area (Å²) in [5, 5.41) is 3.88. The molecule has 4 aromatic rings. The van der Waals surface area contributed by atoms with Gasteiger partial charge in [-0.15, -0.1) is 0 Å². The summed E-state index contributed by atoms with van der Waals surface area (Å²) in [6.07, 6.45) is 0. The monoisotopic (exact) mass is 326 g/mol. The molecular weight excluding hydrogens is 302 g/mol. The molecule has 1 heteroatoms. The first-order valence-electron chi connectivity index (χ1n) is 8.97. The molecule has 124 valence electrons. The summed E-state index contributed by atoms with van der Waals surface area (Å²) in [6, 6.07) is 24.5. The predicted octanol–water partition coefficient (Wildman–Crippen LogP) is 5.92. The largest absolute Gasteiger partial charge is 0.213 e. The van der Waals surface area contributed by atoms with Crippen LogP contribution in [0.15, 0.2) is 66.7 Å². The highest BCUT2D eigenvalue weighted by atomic mass is 14.9. The Kier molecular flexibility index (Phi) is 3.80. The maximum Gasteiger partial charge on any atom is 0.213 e. The highest BCUT2D eigenvalue weighted by Crippen LogP contribution is 2.28. The molecule has 0 radical (unpaired) electrons. The number of pyridine rings is 1. The van der Waals surface area contributed by atoms with Crippen LogP contribution >= 0.6 is 0 Å². The molecule has 1 aromatic heterocycles. The van der Waals surface area contributed by atoms with Gasteiger partial charge in [0, 0.05) is 23.1 Å². The number of nitrogens with zero attached hydrogens (tertiary/aromatic N) is 1. The SMILES string of the molecule is Cc1cc2ccccc2cc1-c1ccc2ccc(C(C)C)cc2[n+]1C. The maximum atomic E-state index is 2.33. The smallest absolute Gasteiger partial charge is 0.194 e. The Balaban J connectivity index is 1.97. The first-order chi connectivity index (χ1) is 12.0. The van der Waals surface area contributed by atoms with Crippen LogP contribution in [0.25, 0.3) is 32.9 Å². The lowest BCUT2D eigenvalue weighted by Gasteiger charge is -2.10. The van der Waals surface area contributed by atoms with Crippen molar-refractivity contribution < 1.29 is 4.57 Å². The molecule has 0 bridgehead atoms. The Bertz CT molecular complexity index is 1090. The van der Waals surface area contributed by atoms with E-state index in [1.165, 1.54) is 44.1 Å². The fraction of sp³-hybridized carbons (Fsp3) is 0.208. The van der Waals surface area contributed by atoms with Gasteiger partial charge in [0.25, 0.3) is 0 Å². The van der Waals surface area contributed by atoms with E-state index in [2.05, 4.69) is 99.1 Å². The number of fused-ring (bicyclic) bond motifs is 2. The zero-order valence-corrected chi connectivity index (χ0v) is 15.4. The van der Waals surface area contributed by atoms with Gasteiger partial charge in [0.15, 0.2) is 0 Å². The summed E-state index contributed by atoms with van der Waals surface area (Å²) in [6.45, 7) is 6.70. The minimum atomic E-state index is 0.537. The van der Waals surface area contributed by atoms with E-state index in [1.807, 2.05) is 0 Å². The number of hydrogen-bond acceptors (Lipinski definition) is 0. The summed E-state index contributed by atoms with van der Waals surface area (Å²) in [5.41, 5.74) is 6.55. The van der Waals surface area contributed by atoms with Crippen LogP contribution in [-0.4, -0.2) is 0 Å². The molecule has 0 aliphatic rings. The van der Waals surface area contributed by atoms with Gasteiger partial charge in [-0.05, 0) is 52.9 Å². The minimum absolute atomic E-state index is 0.537. The van der Waals surface area contributed by atoms with Crippen molar-refractivity contribution in [2.45, 2.75) is 26.7 Å². The zero-order chi connectivity index (χ0) is 17.6. The molecule has 0 aliphatic carbocycles. The third kappa shape index (κ3) is 2.70. The normalized spacial score (nSPS) is 11.6. The van der Waals surface area contributed by atoms with E-state index in [1.54, 1.807) is 0 Å². The zero-order valence-electron chi connectivity index (χ0n) is 15.4. The molecule has 0 saturated heterocycles. The number of aromatic nitrogens is 1.